The summed E-state index contributed by atoms with van der Waals surface area (Å²) >= 11 is 0. The molecule has 26 heavy (non-hydrogen) atoms. The van der Waals surface area contributed by atoms with Crippen molar-refractivity contribution in [1.82, 2.24) is 0 Å². The van der Waals surface area contributed by atoms with Crippen molar-refractivity contribution in [1.29, 1.82) is 0 Å². The van der Waals surface area contributed by atoms with Crippen molar-refractivity contribution in [3.8, 4) is 5.75 Å². The number of methoxy groups -OCH3 is 1. The first kappa shape index (κ1) is 18.9. The van der Waals surface area contributed by atoms with E-state index in [1.54, 1.807) is 12.1 Å². The molecule has 1 aliphatic rings. The summed E-state index contributed by atoms with van der Waals surface area (Å²) in [6.07, 6.45) is 4.33. The minimum Gasteiger partial charge on any atom is -0.494 e. The first-order valence-electron chi connectivity index (χ1n) is 9.59. The van der Waals surface area contributed by atoms with Gasteiger partial charge in [-0.1, -0.05) is 36.4 Å². The topological polar surface area (TPSA) is 33.9 Å². The Kier molecular flexibility index (Phi) is 6.64. The van der Waals surface area contributed by atoms with Gasteiger partial charge in [0.1, 0.15) is 0 Å². The SMILES string of the molecule is COc1ccc([C@@H](O)[C@H](C[NH+]2CCCCCC2)c2ccccc2)cc1F. The highest BCUT2D eigenvalue weighted by Crippen LogP contribution is 2.32. The van der Waals surface area contributed by atoms with E-state index < -0.39 is 11.9 Å². The lowest BCUT2D eigenvalue weighted by Gasteiger charge is -2.28. The van der Waals surface area contributed by atoms with Crippen LogP contribution in [0, 0.1) is 5.82 Å². The Labute approximate surface area is 155 Å². The molecular weight excluding hydrogens is 329 g/mol. The molecule has 1 saturated heterocycles. The van der Waals surface area contributed by atoms with Crippen LogP contribution in [0.2, 0.25) is 0 Å². The van der Waals surface area contributed by atoms with Crippen molar-refractivity contribution in [2.24, 2.45) is 0 Å². The highest BCUT2D eigenvalue weighted by molar-refractivity contribution is 5.33. The fourth-order valence-corrected chi connectivity index (χ4v) is 3.95. The maximum Gasteiger partial charge on any atom is 0.165 e. The zero-order valence-corrected chi connectivity index (χ0v) is 15.5. The molecule has 0 amide bonds. The van der Waals surface area contributed by atoms with E-state index in [1.165, 1.54) is 43.8 Å². The predicted molar refractivity (Wildman–Crippen MR) is 101 cm³/mol. The molecule has 0 bridgehead atoms. The number of aliphatic hydroxyl groups is 1. The molecule has 1 heterocycles. The number of quaternary nitrogens is 1. The van der Waals surface area contributed by atoms with E-state index in [2.05, 4.69) is 12.1 Å². The number of hydrogen-bond donors (Lipinski definition) is 2. The molecule has 2 aromatic carbocycles. The fraction of sp³-hybridized carbons (Fsp3) is 0.455. The maximum atomic E-state index is 14.1. The summed E-state index contributed by atoms with van der Waals surface area (Å²) in [5, 5.41) is 11.1. The van der Waals surface area contributed by atoms with Crippen LogP contribution in [-0.2, 0) is 0 Å². The second-order valence-corrected chi connectivity index (χ2v) is 7.22. The highest BCUT2D eigenvalue weighted by atomic mass is 19.1. The van der Waals surface area contributed by atoms with Gasteiger partial charge in [0.2, 0.25) is 0 Å². The minimum absolute atomic E-state index is 0.0582. The van der Waals surface area contributed by atoms with Gasteiger partial charge >= 0.3 is 0 Å². The van der Waals surface area contributed by atoms with Gasteiger partial charge in [-0.15, -0.1) is 0 Å². The smallest absolute Gasteiger partial charge is 0.165 e. The van der Waals surface area contributed by atoms with Crippen LogP contribution in [0.3, 0.4) is 0 Å². The monoisotopic (exact) mass is 358 g/mol. The molecular formula is C22H29FNO2+. The number of ether oxygens (including phenoxy) is 1. The molecule has 0 unspecified atom stereocenters. The lowest BCUT2D eigenvalue weighted by molar-refractivity contribution is -0.901. The van der Waals surface area contributed by atoms with Crippen LogP contribution < -0.4 is 9.64 Å². The van der Waals surface area contributed by atoms with Gasteiger partial charge in [0, 0.05) is 0 Å². The third kappa shape index (κ3) is 4.63. The fourth-order valence-electron chi connectivity index (χ4n) is 3.95. The molecule has 2 atom stereocenters. The average Bonchev–Trinajstić information content (AvgIpc) is 2.95. The van der Waals surface area contributed by atoms with Crippen LogP contribution in [0.15, 0.2) is 48.5 Å². The maximum absolute atomic E-state index is 14.1. The summed E-state index contributed by atoms with van der Waals surface area (Å²) < 4.78 is 19.1. The summed E-state index contributed by atoms with van der Waals surface area (Å²) in [5.74, 6) is -0.287. The van der Waals surface area contributed by atoms with E-state index in [9.17, 15) is 9.50 Å². The molecule has 4 heteroatoms. The van der Waals surface area contributed by atoms with Crippen LogP contribution >= 0.6 is 0 Å². The summed E-state index contributed by atoms with van der Waals surface area (Å²) in [6, 6.07) is 14.9. The third-order valence-electron chi connectivity index (χ3n) is 5.45. The Morgan fingerprint density at radius 3 is 2.31 bits per heavy atom. The lowest BCUT2D eigenvalue weighted by Crippen LogP contribution is -3.12. The van der Waals surface area contributed by atoms with Gasteiger partial charge in [-0.05, 0) is 48.9 Å². The molecule has 3 rings (SSSR count). The molecule has 1 fully saturated rings. The number of rotatable bonds is 6. The third-order valence-corrected chi connectivity index (χ3v) is 5.45. The molecule has 0 radical (unpaired) electrons. The number of nitrogens with one attached hydrogen (secondary N) is 1. The van der Waals surface area contributed by atoms with Crippen LogP contribution in [0.25, 0.3) is 0 Å². The normalized spacial score (nSPS) is 18.1. The molecule has 2 N–H and O–H groups in total. The highest BCUT2D eigenvalue weighted by Gasteiger charge is 2.28. The van der Waals surface area contributed by atoms with Crippen LogP contribution in [0.4, 0.5) is 4.39 Å². The van der Waals surface area contributed by atoms with Crippen molar-refractivity contribution in [3.63, 3.8) is 0 Å². The van der Waals surface area contributed by atoms with Gasteiger partial charge in [0.25, 0.3) is 0 Å². The number of benzene rings is 2. The van der Waals surface area contributed by atoms with Gasteiger partial charge < -0.3 is 14.7 Å². The molecule has 0 aromatic heterocycles. The summed E-state index contributed by atoms with van der Waals surface area (Å²) in [7, 11) is 1.45. The van der Waals surface area contributed by atoms with Gasteiger partial charge in [0.15, 0.2) is 11.6 Å². The summed E-state index contributed by atoms with van der Waals surface area (Å²) in [4.78, 5) is 1.53. The lowest BCUT2D eigenvalue weighted by atomic mass is 9.88. The molecule has 0 spiro atoms. The van der Waals surface area contributed by atoms with Crippen LogP contribution in [-0.4, -0.2) is 31.9 Å². The number of likely N-dealkylation sites (tertiary alicyclic amines) is 1. The van der Waals surface area contributed by atoms with Gasteiger partial charge in [0.05, 0.1) is 38.8 Å². The first-order chi connectivity index (χ1) is 12.7. The van der Waals surface area contributed by atoms with E-state index in [4.69, 9.17) is 4.74 Å². The number of hydrogen-bond acceptors (Lipinski definition) is 2. The molecule has 0 aliphatic carbocycles. The standard InChI is InChI=1S/C22H28FNO2/c1-26-21-12-11-18(15-20(21)23)22(25)19(17-9-5-4-6-10-17)16-24-13-7-2-3-8-14-24/h4-6,9-12,15,19,22,25H,2-3,7-8,13-14,16H2,1H3/p+1/t19-,22-/m1/s1. The van der Waals surface area contributed by atoms with Gasteiger partial charge in [-0.3, -0.25) is 0 Å². The second-order valence-electron chi connectivity index (χ2n) is 7.22. The Morgan fingerprint density at radius 1 is 1.00 bits per heavy atom. The molecule has 0 saturated carbocycles. The van der Waals surface area contributed by atoms with E-state index in [0.717, 1.165) is 25.2 Å². The van der Waals surface area contributed by atoms with Crippen molar-refractivity contribution in [2.45, 2.75) is 37.7 Å². The summed E-state index contributed by atoms with van der Waals surface area (Å²) in [5.41, 5.74) is 1.71. The zero-order chi connectivity index (χ0) is 18.4. The zero-order valence-electron chi connectivity index (χ0n) is 15.5. The molecule has 3 nitrogen and oxygen atoms in total. The van der Waals surface area contributed by atoms with Crippen LogP contribution in [0.5, 0.6) is 5.75 Å². The first-order valence-corrected chi connectivity index (χ1v) is 9.59. The van der Waals surface area contributed by atoms with E-state index in [0.29, 0.717) is 5.56 Å². The van der Waals surface area contributed by atoms with E-state index in [1.807, 2.05) is 18.2 Å². The largest absolute Gasteiger partial charge is 0.494 e. The van der Waals surface area contributed by atoms with Crippen molar-refractivity contribution in [2.75, 3.05) is 26.7 Å². The van der Waals surface area contributed by atoms with E-state index >= 15 is 0 Å². The Bertz CT molecular complexity index is 684. The second kappa shape index (κ2) is 9.15. The van der Waals surface area contributed by atoms with Crippen LogP contribution in [0.1, 0.15) is 48.8 Å². The molecule has 2 aromatic rings. The molecule has 1 aliphatic heterocycles. The Morgan fingerprint density at radius 2 is 1.69 bits per heavy atom. The van der Waals surface area contributed by atoms with Gasteiger partial charge in [-0.25, -0.2) is 4.39 Å². The van der Waals surface area contributed by atoms with Crippen molar-refractivity contribution in [3.05, 3.63) is 65.5 Å². The van der Waals surface area contributed by atoms with Crippen molar-refractivity contribution < 1.29 is 19.1 Å². The molecule has 140 valence electrons. The minimum atomic E-state index is -0.742. The number of halogens is 1. The number of aliphatic hydroxyl groups excluding tert-OH is 1. The Balaban J connectivity index is 1.85. The van der Waals surface area contributed by atoms with E-state index in [-0.39, 0.29) is 11.7 Å². The Hall–Kier alpha value is -1.91. The van der Waals surface area contributed by atoms with Gasteiger partial charge in [-0.2, -0.15) is 0 Å². The summed E-state index contributed by atoms with van der Waals surface area (Å²) in [6.45, 7) is 3.15. The average molecular weight is 358 g/mol. The quantitative estimate of drug-likeness (QED) is 0.832. The predicted octanol–water partition coefficient (Wildman–Crippen LogP) is 3.11. The van der Waals surface area contributed by atoms with Crippen molar-refractivity contribution >= 4 is 0 Å².